The summed E-state index contributed by atoms with van der Waals surface area (Å²) in [6, 6.07) is 8.05. The van der Waals surface area contributed by atoms with Crippen LogP contribution in [0.5, 0.6) is 0 Å². The van der Waals surface area contributed by atoms with Gasteiger partial charge in [0.05, 0.1) is 10.8 Å². The fraction of sp³-hybridized carbons (Fsp3) is 0.211. The molecule has 0 aliphatic carbocycles. The molecule has 0 unspecified atom stereocenters. The highest BCUT2D eigenvalue weighted by Gasteiger charge is 2.15. The second kappa shape index (κ2) is 9.07. The molecule has 0 fully saturated rings. The second-order valence-corrected chi connectivity index (χ2v) is 7.40. The van der Waals surface area contributed by atoms with Gasteiger partial charge in [0.2, 0.25) is 5.91 Å². The monoisotopic (exact) mass is 419 g/mol. The third kappa shape index (κ3) is 4.82. The molecule has 1 amide bonds. The summed E-state index contributed by atoms with van der Waals surface area (Å²) in [7, 11) is 1.98. The lowest BCUT2D eigenvalue weighted by molar-refractivity contribution is -0.113. The van der Waals surface area contributed by atoms with Gasteiger partial charge in [0.25, 0.3) is 0 Å². The van der Waals surface area contributed by atoms with Crippen LogP contribution in [-0.2, 0) is 24.8 Å². The average molecular weight is 420 g/mol. The molecule has 0 bridgehead atoms. The Labute approximate surface area is 171 Å². The van der Waals surface area contributed by atoms with Gasteiger partial charge in [-0.25, -0.2) is 4.39 Å². The largest absolute Gasteiger partial charge is 0.354 e. The molecule has 28 heavy (non-hydrogen) atoms. The predicted molar refractivity (Wildman–Crippen MR) is 109 cm³/mol. The molecule has 2 aromatic heterocycles. The van der Waals surface area contributed by atoms with E-state index in [2.05, 4.69) is 22.1 Å². The van der Waals surface area contributed by atoms with Crippen LogP contribution in [0.4, 0.5) is 10.1 Å². The summed E-state index contributed by atoms with van der Waals surface area (Å²) in [5, 5.41) is 11.8. The maximum absolute atomic E-state index is 13.2. The third-order valence-corrected chi connectivity index (χ3v) is 5.29. The number of nitrogens with one attached hydrogen (secondary N) is 1. The summed E-state index contributed by atoms with van der Waals surface area (Å²) in [6.45, 7) is 4.33. The lowest BCUT2D eigenvalue weighted by Crippen LogP contribution is -2.15. The topological polar surface area (TPSA) is 64.7 Å². The van der Waals surface area contributed by atoms with Crippen LogP contribution in [0.15, 0.2) is 54.3 Å². The maximum Gasteiger partial charge on any atom is 0.234 e. The normalized spacial score (nSPS) is 10.8. The molecule has 1 aromatic carbocycles. The summed E-state index contributed by atoms with van der Waals surface area (Å²) in [6.07, 6.45) is 4.37. The Hall–Kier alpha value is -2.58. The van der Waals surface area contributed by atoms with Crippen molar-refractivity contribution in [3.05, 3.63) is 71.5 Å². The SMILES string of the molecule is C=CCn1c(Cc2cccn2C)nnc1SCC(=O)Nc1ccc(F)c(Cl)c1. The van der Waals surface area contributed by atoms with Gasteiger partial charge in [0.1, 0.15) is 11.6 Å². The number of aryl methyl sites for hydroxylation is 1. The fourth-order valence-electron chi connectivity index (χ4n) is 2.61. The Bertz CT molecular complexity index is 1000. The summed E-state index contributed by atoms with van der Waals surface area (Å²) >= 11 is 7.01. The van der Waals surface area contributed by atoms with E-state index in [1.807, 2.05) is 34.5 Å². The quantitative estimate of drug-likeness (QED) is 0.444. The lowest BCUT2D eigenvalue weighted by Gasteiger charge is -2.09. The van der Waals surface area contributed by atoms with Crippen LogP contribution in [0, 0.1) is 5.82 Å². The first-order chi connectivity index (χ1) is 13.5. The molecule has 146 valence electrons. The van der Waals surface area contributed by atoms with Gasteiger partial charge in [-0.15, -0.1) is 16.8 Å². The van der Waals surface area contributed by atoms with Crippen LogP contribution in [0.3, 0.4) is 0 Å². The van der Waals surface area contributed by atoms with Gasteiger partial charge in [-0.3, -0.25) is 4.79 Å². The van der Waals surface area contributed by atoms with Crippen molar-refractivity contribution in [1.29, 1.82) is 0 Å². The molecule has 0 aliphatic heterocycles. The molecule has 1 N–H and O–H groups in total. The number of nitrogens with zero attached hydrogens (tertiary/aromatic N) is 4. The highest BCUT2D eigenvalue weighted by Crippen LogP contribution is 2.22. The number of allylic oxidation sites excluding steroid dienone is 1. The summed E-state index contributed by atoms with van der Waals surface area (Å²) in [5.41, 5.74) is 1.55. The van der Waals surface area contributed by atoms with Gasteiger partial charge < -0.3 is 14.5 Å². The lowest BCUT2D eigenvalue weighted by atomic mass is 10.3. The number of amides is 1. The van der Waals surface area contributed by atoms with Crippen LogP contribution in [0.2, 0.25) is 5.02 Å². The van der Waals surface area contributed by atoms with Crippen molar-refractivity contribution in [1.82, 2.24) is 19.3 Å². The van der Waals surface area contributed by atoms with Gasteiger partial charge in [-0.05, 0) is 30.3 Å². The standard InChI is InChI=1S/C19H19ClFN5OS/c1-3-8-26-17(11-14-5-4-9-25(14)2)23-24-19(26)28-12-18(27)22-13-6-7-16(21)15(20)10-13/h3-7,9-10H,1,8,11-12H2,2H3,(H,22,27). The predicted octanol–water partition coefficient (Wildman–Crippen LogP) is 3.92. The van der Waals surface area contributed by atoms with E-state index in [1.54, 1.807) is 6.08 Å². The van der Waals surface area contributed by atoms with Crippen molar-refractivity contribution in [2.45, 2.75) is 18.1 Å². The van der Waals surface area contributed by atoms with Crippen molar-refractivity contribution >= 4 is 35.0 Å². The highest BCUT2D eigenvalue weighted by atomic mass is 35.5. The van der Waals surface area contributed by atoms with Gasteiger partial charge in [0.15, 0.2) is 5.16 Å². The molecule has 0 atom stereocenters. The second-order valence-electron chi connectivity index (χ2n) is 6.05. The Kier molecular flexibility index (Phi) is 6.53. The summed E-state index contributed by atoms with van der Waals surface area (Å²) in [5.74, 6) is 0.158. The van der Waals surface area contributed by atoms with Gasteiger partial charge in [-0.1, -0.05) is 29.4 Å². The number of hydrogen-bond acceptors (Lipinski definition) is 4. The number of anilines is 1. The number of carbonyl (C=O) groups is 1. The zero-order valence-electron chi connectivity index (χ0n) is 15.2. The van der Waals surface area contributed by atoms with Gasteiger partial charge in [-0.2, -0.15) is 0 Å². The number of halogens is 2. The zero-order chi connectivity index (χ0) is 20.1. The van der Waals surface area contributed by atoms with Crippen LogP contribution >= 0.6 is 23.4 Å². The zero-order valence-corrected chi connectivity index (χ0v) is 16.8. The number of thioether (sulfide) groups is 1. The molecule has 9 heteroatoms. The number of hydrogen-bond donors (Lipinski definition) is 1. The maximum atomic E-state index is 13.2. The smallest absolute Gasteiger partial charge is 0.234 e. The molecule has 0 aliphatic rings. The van der Waals surface area contributed by atoms with E-state index < -0.39 is 5.82 Å². The van der Waals surface area contributed by atoms with Crippen LogP contribution < -0.4 is 5.32 Å². The van der Waals surface area contributed by atoms with Gasteiger partial charge in [0, 0.05) is 37.6 Å². The minimum Gasteiger partial charge on any atom is -0.354 e. The van der Waals surface area contributed by atoms with E-state index in [0.717, 1.165) is 11.5 Å². The first kappa shape index (κ1) is 20.2. The Morgan fingerprint density at radius 1 is 1.39 bits per heavy atom. The number of rotatable bonds is 8. The molecule has 2 heterocycles. The Morgan fingerprint density at radius 2 is 2.21 bits per heavy atom. The molecule has 0 saturated carbocycles. The third-order valence-electron chi connectivity index (χ3n) is 4.03. The van der Waals surface area contributed by atoms with Crippen LogP contribution in [0.1, 0.15) is 11.5 Å². The van der Waals surface area contributed by atoms with Crippen LogP contribution in [-0.4, -0.2) is 31.0 Å². The Balaban J connectivity index is 1.66. The molecular formula is C19H19ClFN5OS. The van der Waals surface area contributed by atoms with E-state index in [9.17, 15) is 9.18 Å². The van der Waals surface area contributed by atoms with E-state index >= 15 is 0 Å². The highest BCUT2D eigenvalue weighted by molar-refractivity contribution is 7.99. The van der Waals surface area contributed by atoms with E-state index in [4.69, 9.17) is 11.6 Å². The van der Waals surface area contributed by atoms with Crippen molar-refractivity contribution < 1.29 is 9.18 Å². The number of carbonyl (C=O) groups excluding carboxylic acids is 1. The molecular weight excluding hydrogens is 401 g/mol. The molecule has 3 aromatic rings. The number of benzene rings is 1. The molecule has 0 spiro atoms. The van der Waals surface area contributed by atoms with E-state index in [-0.39, 0.29) is 16.7 Å². The van der Waals surface area contributed by atoms with Crippen molar-refractivity contribution in [3.8, 4) is 0 Å². The number of aromatic nitrogens is 4. The van der Waals surface area contributed by atoms with E-state index in [0.29, 0.717) is 23.8 Å². The van der Waals surface area contributed by atoms with Crippen LogP contribution in [0.25, 0.3) is 0 Å². The summed E-state index contributed by atoms with van der Waals surface area (Å²) in [4.78, 5) is 12.2. The minimum absolute atomic E-state index is 0.0403. The fourth-order valence-corrected chi connectivity index (χ4v) is 3.56. The molecule has 0 saturated heterocycles. The van der Waals surface area contributed by atoms with Crippen molar-refractivity contribution in [2.24, 2.45) is 7.05 Å². The first-order valence-corrected chi connectivity index (χ1v) is 9.85. The van der Waals surface area contributed by atoms with Crippen molar-refractivity contribution in [2.75, 3.05) is 11.1 Å². The van der Waals surface area contributed by atoms with Gasteiger partial charge >= 0.3 is 0 Å². The van der Waals surface area contributed by atoms with Crippen molar-refractivity contribution in [3.63, 3.8) is 0 Å². The summed E-state index contributed by atoms with van der Waals surface area (Å²) < 4.78 is 17.2. The minimum atomic E-state index is -0.530. The molecule has 0 radical (unpaired) electrons. The van der Waals surface area contributed by atoms with E-state index in [1.165, 1.54) is 30.0 Å². The Morgan fingerprint density at radius 3 is 2.89 bits per heavy atom. The average Bonchev–Trinajstić information content (AvgIpc) is 3.24. The molecule has 3 rings (SSSR count). The molecule has 6 nitrogen and oxygen atoms in total. The first-order valence-electron chi connectivity index (χ1n) is 8.49.